The molecule has 2 aromatic heterocycles. The average Bonchev–Trinajstić information content (AvgIpc) is 3.25. The maximum atomic E-state index is 12.6. The van der Waals surface area contributed by atoms with Gasteiger partial charge in [-0.05, 0) is 66.1 Å². The Morgan fingerprint density at radius 2 is 1.02 bits per heavy atom. The molecule has 0 atom stereocenters. The van der Waals surface area contributed by atoms with Crippen LogP contribution in [0, 0.1) is 0 Å². The lowest BCUT2D eigenvalue weighted by atomic mass is 10.1. The number of benzene rings is 2. The number of hydrogen-bond acceptors (Lipinski definition) is 10. The third-order valence-corrected chi connectivity index (χ3v) is 11.6. The molecule has 13 heteroatoms. The van der Waals surface area contributed by atoms with Gasteiger partial charge in [-0.2, -0.15) is 9.13 Å². The van der Waals surface area contributed by atoms with E-state index in [9.17, 15) is 9.59 Å². The van der Waals surface area contributed by atoms with Crippen molar-refractivity contribution in [2.75, 3.05) is 60.7 Å². The summed E-state index contributed by atoms with van der Waals surface area (Å²) in [5.41, 5.74) is 3.89. The zero-order valence-electron chi connectivity index (χ0n) is 34.5. The highest BCUT2D eigenvalue weighted by Gasteiger charge is 2.15. The molecule has 1 amide bonds. The number of nitrogens with one attached hydrogen (secondary N) is 1. The lowest BCUT2D eigenvalue weighted by Gasteiger charge is -2.12. The molecule has 4 aromatic rings. The normalized spacial score (nSPS) is 11.1. The number of Topliss-reactive ketones (excluding diaryl/α,β-unsaturated/α-hetero) is 1. The summed E-state index contributed by atoms with van der Waals surface area (Å²) in [5, 5.41) is 3.04. The van der Waals surface area contributed by atoms with Crippen molar-refractivity contribution >= 4 is 57.6 Å². The molecule has 0 fully saturated rings. The standard InChI is InChI=1S/C45H56N3O8S2/c1-51-39-30-34(31-40(52-2)44(39)55-5)19-21-36-14-7-9-24-47(36)26-11-16-38(49)17-13-28-57-58-29-23-46-43(50)18-12-27-48-25-10-8-15-37(48)22-20-35-32-41(53-3)45(56-6)42(33-35)54-4/h7-10,14-15,19-22,24-25,30-33H,11-13,16-18,23,26-29H2,1-6H3/q+1/p+1/b21-19+,22-20+. The third-order valence-electron chi connectivity index (χ3n) is 9.15. The Balaban J connectivity index is 1.08. The Morgan fingerprint density at radius 3 is 1.48 bits per heavy atom. The van der Waals surface area contributed by atoms with Gasteiger partial charge in [0.1, 0.15) is 18.9 Å². The van der Waals surface area contributed by atoms with Crippen LogP contribution in [0.5, 0.6) is 34.5 Å². The highest BCUT2D eigenvalue weighted by Crippen LogP contribution is 2.39. The van der Waals surface area contributed by atoms with Crippen molar-refractivity contribution in [1.29, 1.82) is 0 Å². The smallest absolute Gasteiger partial charge is 0.220 e. The number of nitrogens with zero attached hydrogens (tertiary/aromatic N) is 2. The van der Waals surface area contributed by atoms with Crippen LogP contribution in [-0.2, 0) is 22.7 Å². The van der Waals surface area contributed by atoms with Crippen LogP contribution >= 0.6 is 21.6 Å². The van der Waals surface area contributed by atoms with Crippen LogP contribution in [0.15, 0.2) is 73.1 Å². The molecule has 1 N–H and O–H groups in total. The van der Waals surface area contributed by atoms with E-state index in [1.54, 1.807) is 64.2 Å². The number of aryl methyl sites for hydroxylation is 2. The molecular weight excluding hydrogens is 775 g/mol. The van der Waals surface area contributed by atoms with Crippen LogP contribution < -0.4 is 42.9 Å². The number of ether oxygens (including phenoxy) is 6. The van der Waals surface area contributed by atoms with Crippen molar-refractivity contribution in [1.82, 2.24) is 5.32 Å². The number of pyridine rings is 2. The molecule has 2 heterocycles. The van der Waals surface area contributed by atoms with Crippen molar-refractivity contribution < 1.29 is 47.1 Å². The second kappa shape index (κ2) is 25.3. The topological polar surface area (TPSA) is 109 Å². The van der Waals surface area contributed by atoms with Crippen LogP contribution in [0.1, 0.15) is 61.0 Å². The summed E-state index contributed by atoms with van der Waals surface area (Å²) in [7, 11) is 13.1. The molecule has 4 rings (SSSR count). The number of methoxy groups -OCH3 is 6. The molecule has 11 nitrogen and oxygen atoms in total. The fourth-order valence-corrected chi connectivity index (χ4v) is 8.19. The van der Waals surface area contributed by atoms with Crippen molar-refractivity contribution in [3.63, 3.8) is 0 Å². The van der Waals surface area contributed by atoms with Gasteiger partial charge >= 0.3 is 0 Å². The Labute approximate surface area is 351 Å². The first-order valence-corrected chi connectivity index (χ1v) is 21.8. The average molecular weight is 832 g/mol. The largest absolute Gasteiger partial charge is 0.493 e. The molecule has 0 bridgehead atoms. The van der Waals surface area contributed by atoms with Crippen LogP contribution in [0.3, 0.4) is 0 Å². The molecule has 0 aliphatic heterocycles. The van der Waals surface area contributed by atoms with Gasteiger partial charge in [0.2, 0.25) is 28.8 Å². The molecule has 2 aromatic carbocycles. The summed E-state index contributed by atoms with van der Waals surface area (Å²) < 4.78 is 37.1. The quantitative estimate of drug-likeness (QED) is 0.0383. The summed E-state index contributed by atoms with van der Waals surface area (Å²) in [6.45, 7) is 2.08. The second-order valence-electron chi connectivity index (χ2n) is 13.1. The van der Waals surface area contributed by atoms with E-state index in [2.05, 4.69) is 20.5 Å². The highest BCUT2D eigenvalue weighted by molar-refractivity contribution is 8.76. The lowest BCUT2D eigenvalue weighted by molar-refractivity contribution is -0.699. The lowest BCUT2D eigenvalue weighted by Crippen LogP contribution is -2.37. The van der Waals surface area contributed by atoms with Gasteiger partial charge in [0.25, 0.3) is 0 Å². The zero-order chi connectivity index (χ0) is 41.5. The minimum Gasteiger partial charge on any atom is -0.493 e. The fraction of sp³-hybridized carbons (Fsp3) is 0.378. The number of carbonyl (C=O) groups is 2. The summed E-state index contributed by atoms with van der Waals surface area (Å²) in [6.07, 6.45) is 16.1. The molecule has 0 unspecified atom stereocenters. The van der Waals surface area contributed by atoms with Gasteiger partial charge < -0.3 is 33.7 Å². The maximum absolute atomic E-state index is 12.6. The molecule has 0 saturated carbocycles. The summed E-state index contributed by atoms with van der Waals surface area (Å²) in [6, 6.07) is 19.7. The van der Waals surface area contributed by atoms with E-state index in [1.807, 2.05) is 91.3 Å². The SMILES string of the molecule is COc1cc(/C=C/c2cccc[n+]2CCCC(=O)CCCSSCCNC(=O)CCC[n+]2ccccc2/C=C/c2cc(OC)c(OC)c(OC)c2)cc(OC)c1OC. The molecule has 0 radical (unpaired) electrons. The second-order valence-corrected chi connectivity index (χ2v) is 15.8. The first-order chi connectivity index (χ1) is 28.3. The first kappa shape index (κ1) is 45.6. The number of rotatable bonds is 26. The van der Waals surface area contributed by atoms with E-state index in [-0.39, 0.29) is 5.91 Å². The van der Waals surface area contributed by atoms with E-state index in [4.69, 9.17) is 28.4 Å². The fourth-order valence-electron chi connectivity index (χ4n) is 6.20. The van der Waals surface area contributed by atoms with E-state index < -0.39 is 0 Å². The van der Waals surface area contributed by atoms with E-state index >= 15 is 0 Å². The van der Waals surface area contributed by atoms with Gasteiger partial charge in [-0.3, -0.25) is 9.59 Å². The highest BCUT2D eigenvalue weighted by atomic mass is 33.1. The van der Waals surface area contributed by atoms with Gasteiger partial charge in [-0.1, -0.05) is 21.6 Å². The minimum atomic E-state index is 0.0534. The van der Waals surface area contributed by atoms with Crippen LogP contribution in [0.4, 0.5) is 0 Å². The predicted octanol–water partition coefficient (Wildman–Crippen LogP) is 7.76. The van der Waals surface area contributed by atoms with Gasteiger partial charge in [-0.15, -0.1) is 0 Å². The third kappa shape index (κ3) is 14.4. The van der Waals surface area contributed by atoms with Crippen molar-refractivity contribution in [2.24, 2.45) is 0 Å². The van der Waals surface area contributed by atoms with Crippen molar-refractivity contribution in [3.05, 3.63) is 95.6 Å². The van der Waals surface area contributed by atoms with Gasteiger partial charge in [0.05, 0.1) is 42.7 Å². The van der Waals surface area contributed by atoms with Crippen molar-refractivity contribution in [2.45, 2.75) is 51.6 Å². The Morgan fingerprint density at radius 1 is 0.569 bits per heavy atom. The van der Waals surface area contributed by atoms with Gasteiger partial charge in [0.15, 0.2) is 35.4 Å². The predicted molar refractivity (Wildman–Crippen MR) is 234 cm³/mol. The molecule has 310 valence electrons. The zero-order valence-corrected chi connectivity index (χ0v) is 36.1. The molecule has 0 aliphatic rings. The van der Waals surface area contributed by atoms with Crippen molar-refractivity contribution in [3.8, 4) is 34.5 Å². The van der Waals surface area contributed by atoms with Gasteiger partial charge in [0, 0.05) is 86.6 Å². The van der Waals surface area contributed by atoms with E-state index in [1.165, 1.54) is 0 Å². The maximum Gasteiger partial charge on any atom is 0.220 e. The summed E-state index contributed by atoms with van der Waals surface area (Å²) in [5.74, 6) is 5.57. The van der Waals surface area contributed by atoms with Crippen LogP contribution in [0.25, 0.3) is 24.3 Å². The van der Waals surface area contributed by atoms with E-state index in [0.717, 1.165) is 59.8 Å². The molecule has 0 saturated heterocycles. The summed E-state index contributed by atoms with van der Waals surface area (Å²) >= 11 is 0. The molecule has 0 spiro atoms. The first-order valence-electron chi connectivity index (χ1n) is 19.3. The summed E-state index contributed by atoms with van der Waals surface area (Å²) in [4.78, 5) is 25.1. The molecule has 58 heavy (non-hydrogen) atoms. The Hall–Kier alpha value is -5.14. The van der Waals surface area contributed by atoms with Gasteiger partial charge in [-0.25, -0.2) is 0 Å². The Kier molecular flexibility index (Phi) is 19.9. The van der Waals surface area contributed by atoms with Crippen LogP contribution in [0.2, 0.25) is 0 Å². The van der Waals surface area contributed by atoms with Crippen LogP contribution in [-0.4, -0.2) is 72.4 Å². The number of carbonyl (C=O) groups excluding carboxylic acids is 2. The number of amides is 1. The monoisotopic (exact) mass is 831 g/mol. The minimum absolute atomic E-state index is 0.0534. The Bertz CT molecular complexity index is 1800. The molecular formula is C45H57N3O8S2+2. The number of aromatic nitrogens is 2. The molecule has 0 aliphatic carbocycles. The van der Waals surface area contributed by atoms with E-state index in [0.29, 0.717) is 72.6 Å². The number of ketones is 1. The number of hydrogen-bond donors (Lipinski definition) is 1.